The molecule has 1 aliphatic heterocycles. The Balaban J connectivity index is 1.87. The summed E-state index contributed by atoms with van der Waals surface area (Å²) in [5, 5.41) is 9.09. The molecule has 110 valence electrons. The van der Waals surface area contributed by atoms with Gasteiger partial charge in [0.2, 0.25) is 0 Å². The monoisotopic (exact) mass is 287 g/mol. The molecule has 0 saturated heterocycles. The maximum absolute atomic E-state index is 11.1. The first-order valence-electron chi connectivity index (χ1n) is 6.94. The van der Waals surface area contributed by atoms with Crippen LogP contribution in [0.5, 0.6) is 5.75 Å². The summed E-state index contributed by atoms with van der Waals surface area (Å²) in [7, 11) is 0. The van der Waals surface area contributed by atoms with Crippen molar-refractivity contribution in [2.75, 3.05) is 18.1 Å². The third-order valence-corrected chi connectivity index (χ3v) is 3.58. The maximum Gasteiger partial charge on any atom is 0.339 e. The molecule has 1 aliphatic rings. The highest BCUT2D eigenvalue weighted by atomic mass is 16.5. The Hall–Kier alpha value is -2.43. The molecule has 0 unspecified atom stereocenters. The van der Waals surface area contributed by atoms with Gasteiger partial charge in [0.25, 0.3) is 0 Å². The summed E-state index contributed by atoms with van der Waals surface area (Å²) in [6.07, 6.45) is 0.917. The molecule has 2 heterocycles. The van der Waals surface area contributed by atoms with Gasteiger partial charge in [0.15, 0.2) is 0 Å². The van der Waals surface area contributed by atoms with E-state index in [1.54, 1.807) is 13.0 Å². The van der Waals surface area contributed by atoms with Crippen molar-refractivity contribution >= 4 is 11.7 Å². The Morgan fingerprint density at radius 3 is 2.95 bits per heavy atom. The molecule has 1 aromatic heterocycles. The molecule has 0 bridgehead atoms. The van der Waals surface area contributed by atoms with Crippen molar-refractivity contribution < 1.29 is 19.1 Å². The Kier molecular flexibility index (Phi) is 3.56. The Morgan fingerprint density at radius 2 is 2.19 bits per heavy atom. The van der Waals surface area contributed by atoms with E-state index in [1.165, 1.54) is 0 Å². The number of furan rings is 1. The summed E-state index contributed by atoms with van der Waals surface area (Å²) < 4.78 is 11.3. The lowest BCUT2D eigenvalue weighted by molar-refractivity contribution is 0.0695. The lowest BCUT2D eigenvalue weighted by Crippen LogP contribution is -2.22. The molecule has 1 N–H and O–H groups in total. The van der Waals surface area contributed by atoms with E-state index in [4.69, 9.17) is 14.3 Å². The van der Waals surface area contributed by atoms with Gasteiger partial charge in [-0.05, 0) is 31.5 Å². The van der Waals surface area contributed by atoms with Gasteiger partial charge in [-0.15, -0.1) is 0 Å². The van der Waals surface area contributed by atoms with Crippen LogP contribution in [0.1, 0.15) is 28.3 Å². The van der Waals surface area contributed by atoms with E-state index in [-0.39, 0.29) is 5.56 Å². The first-order valence-corrected chi connectivity index (χ1v) is 6.94. The zero-order valence-electron chi connectivity index (χ0n) is 11.8. The summed E-state index contributed by atoms with van der Waals surface area (Å²) in [4.78, 5) is 13.2. The fourth-order valence-corrected chi connectivity index (χ4v) is 2.58. The average molecular weight is 287 g/mol. The predicted octanol–water partition coefficient (Wildman–Crippen LogP) is 3.08. The van der Waals surface area contributed by atoms with E-state index >= 15 is 0 Å². The number of aromatic carboxylic acids is 1. The molecular weight excluding hydrogens is 270 g/mol. The standard InChI is InChI=1S/C16H17NO4/c1-11-13(16(18)19)9-12(21-11)10-17-7-4-8-20-15-6-3-2-5-14(15)17/h2-3,5-6,9H,4,7-8,10H2,1H3,(H,18,19). The van der Waals surface area contributed by atoms with Gasteiger partial charge < -0.3 is 19.2 Å². The van der Waals surface area contributed by atoms with Gasteiger partial charge in [-0.25, -0.2) is 4.79 Å². The lowest BCUT2D eigenvalue weighted by Gasteiger charge is -2.22. The van der Waals surface area contributed by atoms with Crippen LogP contribution < -0.4 is 9.64 Å². The highest BCUT2D eigenvalue weighted by Crippen LogP contribution is 2.32. The third-order valence-electron chi connectivity index (χ3n) is 3.58. The van der Waals surface area contributed by atoms with Gasteiger partial charge >= 0.3 is 5.97 Å². The van der Waals surface area contributed by atoms with Crippen molar-refractivity contribution in [3.8, 4) is 5.75 Å². The molecule has 0 atom stereocenters. The van der Waals surface area contributed by atoms with Crippen LogP contribution in [0.2, 0.25) is 0 Å². The molecule has 3 rings (SSSR count). The fraction of sp³-hybridized carbons (Fsp3) is 0.312. The zero-order chi connectivity index (χ0) is 14.8. The summed E-state index contributed by atoms with van der Waals surface area (Å²) in [6, 6.07) is 9.47. The quantitative estimate of drug-likeness (QED) is 0.940. The first kappa shape index (κ1) is 13.5. The van der Waals surface area contributed by atoms with Crippen molar-refractivity contribution in [1.29, 1.82) is 0 Å². The first-order chi connectivity index (χ1) is 10.1. The van der Waals surface area contributed by atoms with Crippen molar-refractivity contribution in [1.82, 2.24) is 0 Å². The Labute approximate surface area is 122 Å². The second kappa shape index (κ2) is 5.52. The number of para-hydroxylation sites is 2. The molecule has 1 aromatic carbocycles. The van der Waals surface area contributed by atoms with Gasteiger partial charge in [-0.3, -0.25) is 0 Å². The van der Waals surface area contributed by atoms with E-state index in [9.17, 15) is 4.79 Å². The smallest absolute Gasteiger partial charge is 0.339 e. The molecule has 0 radical (unpaired) electrons. The third kappa shape index (κ3) is 2.72. The number of nitrogens with zero attached hydrogens (tertiary/aromatic N) is 1. The summed E-state index contributed by atoms with van der Waals surface area (Å²) in [6.45, 7) is 3.74. The number of carboxylic acid groups (broad SMARTS) is 1. The van der Waals surface area contributed by atoms with Crippen LogP contribution in [0.15, 0.2) is 34.7 Å². The Morgan fingerprint density at radius 1 is 1.38 bits per heavy atom. The second-order valence-electron chi connectivity index (χ2n) is 5.08. The molecule has 0 spiro atoms. The number of ether oxygens (including phenoxy) is 1. The van der Waals surface area contributed by atoms with Crippen LogP contribution in [0.25, 0.3) is 0 Å². The van der Waals surface area contributed by atoms with Gasteiger partial charge in [0.1, 0.15) is 22.8 Å². The summed E-state index contributed by atoms with van der Waals surface area (Å²) >= 11 is 0. The highest BCUT2D eigenvalue weighted by molar-refractivity contribution is 5.88. The van der Waals surface area contributed by atoms with Crippen molar-refractivity contribution in [3.05, 3.63) is 47.4 Å². The minimum atomic E-state index is -0.956. The van der Waals surface area contributed by atoms with E-state index in [0.717, 1.165) is 24.4 Å². The molecule has 5 heteroatoms. The van der Waals surface area contributed by atoms with E-state index < -0.39 is 5.97 Å². The van der Waals surface area contributed by atoms with Gasteiger partial charge in [0, 0.05) is 6.54 Å². The number of benzene rings is 1. The molecule has 0 saturated carbocycles. The topological polar surface area (TPSA) is 62.9 Å². The van der Waals surface area contributed by atoms with Gasteiger partial charge in [-0.2, -0.15) is 0 Å². The number of anilines is 1. The van der Waals surface area contributed by atoms with Crippen LogP contribution in [0.3, 0.4) is 0 Å². The van der Waals surface area contributed by atoms with Crippen LogP contribution in [-0.2, 0) is 6.54 Å². The molecule has 21 heavy (non-hydrogen) atoms. The number of carbonyl (C=O) groups is 1. The van der Waals surface area contributed by atoms with Gasteiger partial charge in [0.05, 0.1) is 18.8 Å². The largest absolute Gasteiger partial charge is 0.491 e. The normalized spacial score (nSPS) is 14.2. The number of rotatable bonds is 3. The van der Waals surface area contributed by atoms with E-state index in [2.05, 4.69) is 4.90 Å². The minimum absolute atomic E-state index is 0.226. The van der Waals surface area contributed by atoms with Crippen LogP contribution in [0, 0.1) is 6.92 Å². The second-order valence-corrected chi connectivity index (χ2v) is 5.08. The predicted molar refractivity (Wildman–Crippen MR) is 78.0 cm³/mol. The number of hydrogen-bond donors (Lipinski definition) is 1. The average Bonchev–Trinajstić information content (AvgIpc) is 2.71. The lowest BCUT2D eigenvalue weighted by atomic mass is 10.2. The van der Waals surface area contributed by atoms with E-state index in [1.807, 2.05) is 24.3 Å². The molecule has 0 fully saturated rings. The van der Waals surface area contributed by atoms with Crippen LogP contribution in [-0.4, -0.2) is 24.2 Å². The van der Waals surface area contributed by atoms with Crippen LogP contribution in [0.4, 0.5) is 5.69 Å². The number of aryl methyl sites for hydroxylation is 1. The van der Waals surface area contributed by atoms with Crippen molar-refractivity contribution in [2.45, 2.75) is 19.9 Å². The highest BCUT2D eigenvalue weighted by Gasteiger charge is 2.19. The number of fused-ring (bicyclic) bond motifs is 1. The Bertz CT molecular complexity index is 662. The van der Waals surface area contributed by atoms with E-state index in [0.29, 0.717) is 24.7 Å². The van der Waals surface area contributed by atoms with Gasteiger partial charge in [-0.1, -0.05) is 12.1 Å². The van der Waals surface area contributed by atoms with Crippen molar-refractivity contribution in [2.24, 2.45) is 0 Å². The van der Waals surface area contributed by atoms with Crippen molar-refractivity contribution in [3.63, 3.8) is 0 Å². The molecular formula is C16H17NO4. The summed E-state index contributed by atoms with van der Waals surface area (Å²) in [5.74, 6) is 0.997. The zero-order valence-corrected chi connectivity index (χ0v) is 11.8. The molecule has 5 nitrogen and oxygen atoms in total. The minimum Gasteiger partial charge on any atom is -0.491 e. The van der Waals surface area contributed by atoms with Crippen LogP contribution >= 0.6 is 0 Å². The molecule has 2 aromatic rings. The SMILES string of the molecule is Cc1oc(CN2CCCOc3ccccc32)cc1C(=O)O. The summed E-state index contributed by atoms with van der Waals surface area (Å²) in [5.41, 5.74) is 1.24. The fourth-order valence-electron chi connectivity index (χ4n) is 2.58. The number of hydrogen-bond acceptors (Lipinski definition) is 4. The molecule has 0 aliphatic carbocycles. The maximum atomic E-state index is 11.1. The number of carboxylic acids is 1. The molecule has 0 amide bonds.